The van der Waals surface area contributed by atoms with Crippen LogP contribution in [0.5, 0.6) is 5.75 Å². The van der Waals surface area contributed by atoms with E-state index in [2.05, 4.69) is 20.1 Å². The fourth-order valence-corrected chi connectivity index (χ4v) is 2.51. The molecule has 0 bridgehead atoms. The van der Waals surface area contributed by atoms with Crippen LogP contribution in [0.2, 0.25) is 0 Å². The van der Waals surface area contributed by atoms with Crippen LogP contribution in [0.25, 0.3) is 17.8 Å². The predicted molar refractivity (Wildman–Crippen MR) is 99.8 cm³/mol. The summed E-state index contributed by atoms with van der Waals surface area (Å²) in [5, 5.41) is 15.3. The minimum Gasteiger partial charge on any atom is -0.465 e. The van der Waals surface area contributed by atoms with E-state index in [0.717, 1.165) is 11.1 Å². The van der Waals surface area contributed by atoms with Crippen LogP contribution in [-0.2, 0) is 0 Å². The van der Waals surface area contributed by atoms with Crippen LogP contribution in [0.1, 0.15) is 17.0 Å². The maximum absolute atomic E-state index is 12.2. The highest BCUT2D eigenvalue weighted by Crippen LogP contribution is 2.23. The van der Waals surface area contributed by atoms with Gasteiger partial charge in [0.15, 0.2) is 5.82 Å². The van der Waals surface area contributed by atoms with Gasteiger partial charge in [0.25, 0.3) is 0 Å². The molecule has 0 radical (unpaired) electrons. The van der Waals surface area contributed by atoms with Crippen molar-refractivity contribution in [2.75, 3.05) is 5.32 Å². The summed E-state index contributed by atoms with van der Waals surface area (Å²) in [6.45, 7) is 1.84. The number of rotatable bonds is 5. The number of anilines is 1. The number of amides is 1. The first-order valence-corrected chi connectivity index (χ1v) is 8.26. The van der Waals surface area contributed by atoms with E-state index in [1.807, 2.05) is 6.92 Å². The molecule has 3 aromatic rings. The van der Waals surface area contributed by atoms with E-state index in [1.54, 1.807) is 30.4 Å². The van der Waals surface area contributed by atoms with Crippen LogP contribution in [-0.4, -0.2) is 32.3 Å². The summed E-state index contributed by atoms with van der Waals surface area (Å²) >= 11 is 0. The molecular weight excluding hydrogens is 389 g/mol. The molecule has 0 unspecified atom stereocenters. The number of carboxylic acid groups (broad SMARTS) is 1. The number of aromatic nitrogens is 3. The molecule has 0 spiro atoms. The van der Waals surface area contributed by atoms with Gasteiger partial charge in [0.1, 0.15) is 12.1 Å². The van der Waals surface area contributed by atoms with E-state index in [-0.39, 0.29) is 5.75 Å². The molecule has 0 atom stereocenters. The van der Waals surface area contributed by atoms with Gasteiger partial charge in [-0.2, -0.15) is 0 Å². The predicted octanol–water partition coefficient (Wildman–Crippen LogP) is 4.73. The third-order valence-electron chi connectivity index (χ3n) is 3.78. The zero-order valence-corrected chi connectivity index (χ0v) is 15.0. The highest BCUT2D eigenvalue weighted by atomic mass is 19.4. The van der Waals surface area contributed by atoms with Crippen LogP contribution < -0.4 is 10.1 Å². The third kappa shape index (κ3) is 5.58. The van der Waals surface area contributed by atoms with Gasteiger partial charge in [0.2, 0.25) is 0 Å². The number of hydrogen-bond acceptors (Lipinski definition) is 4. The number of halogens is 3. The Morgan fingerprint density at radius 3 is 2.52 bits per heavy atom. The Kier molecular flexibility index (Phi) is 5.53. The number of nitrogens with zero attached hydrogens (tertiary/aromatic N) is 3. The molecule has 0 aliphatic carbocycles. The second-order valence-electron chi connectivity index (χ2n) is 5.92. The summed E-state index contributed by atoms with van der Waals surface area (Å²) in [5.41, 5.74) is 2.69. The van der Waals surface area contributed by atoms with Gasteiger partial charge in [0, 0.05) is 5.69 Å². The van der Waals surface area contributed by atoms with Crippen molar-refractivity contribution in [1.82, 2.24) is 14.8 Å². The first kappa shape index (κ1) is 19.9. The molecule has 1 amide bonds. The van der Waals surface area contributed by atoms with Crippen molar-refractivity contribution in [1.29, 1.82) is 0 Å². The van der Waals surface area contributed by atoms with Crippen molar-refractivity contribution in [3.63, 3.8) is 0 Å². The van der Waals surface area contributed by atoms with Crippen molar-refractivity contribution in [3.8, 4) is 11.4 Å². The molecule has 2 N–H and O–H groups in total. The first-order valence-electron chi connectivity index (χ1n) is 8.26. The smallest absolute Gasteiger partial charge is 0.465 e. The fraction of sp³-hybridized carbons (Fsp3) is 0.105. The Morgan fingerprint density at radius 2 is 1.90 bits per heavy atom. The molecule has 7 nitrogen and oxygen atoms in total. The van der Waals surface area contributed by atoms with Crippen LogP contribution in [0.4, 0.5) is 23.7 Å². The molecule has 150 valence electrons. The molecule has 0 aliphatic heterocycles. The number of carbonyl (C=O) groups is 1. The van der Waals surface area contributed by atoms with E-state index in [1.165, 1.54) is 35.3 Å². The van der Waals surface area contributed by atoms with E-state index in [4.69, 9.17) is 5.11 Å². The summed E-state index contributed by atoms with van der Waals surface area (Å²) < 4.78 is 41.9. The van der Waals surface area contributed by atoms with Crippen molar-refractivity contribution in [2.24, 2.45) is 0 Å². The summed E-state index contributed by atoms with van der Waals surface area (Å²) in [5.74, 6) is 0.0746. The highest BCUT2D eigenvalue weighted by molar-refractivity contribution is 5.83. The van der Waals surface area contributed by atoms with Gasteiger partial charge in [-0.1, -0.05) is 12.1 Å². The number of aryl methyl sites for hydroxylation is 1. The molecule has 0 aliphatic rings. The van der Waals surface area contributed by atoms with Crippen molar-refractivity contribution in [2.45, 2.75) is 13.3 Å². The van der Waals surface area contributed by atoms with Crippen LogP contribution in [0.15, 0.2) is 48.8 Å². The van der Waals surface area contributed by atoms with Crippen LogP contribution >= 0.6 is 0 Å². The Labute approximate surface area is 163 Å². The maximum Gasteiger partial charge on any atom is 0.573 e. The lowest BCUT2D eigenvalue weighted by Gasteiger charge is -2.09. The van der Waals surface area contributed by atoms with Crippen LogP contribution in [0, 0.1) is 6.92 Å². The Hall–Kier alpha value is -3.82. The quantitative estimate of drug-likeness (QED) is 0.642. The standard InChI is InChI=1S/C19H15F3N4O3/c1-12-10-14(24-18(27)28)4-2-13(12)3-9-17-23-11-26(25-17)15-5-7-16(8-6-15)29-19(20,21)22/h2-11,24H,1H3,(H,27,28)/b9-3+. The summed E-state index contributed by atoms with van der Waals surface area (Å²) in [4.78, 5) is 14.8. The topological polar surface area (TPSA) is 89.3 Å². The normalized spacial score (nSPS) is 11.6. The van der Waals surface area contributed by atoms with Gasteiger partial charge in [-0.05, 0) is 60.5 Å². The number of hydrogen-bond donors (Lipinski definition) is 2. The summed E-state index contributed by atoms with van der Waals surface area (Å²) in [6.07, 6.45) is -0.997. The number of benzene rings is 2. The molecule has 0 saturated heterocycles. The van der Waals surface area contributed by atoms with Crippen molar-refractivity contribution < 1.29 is 27.8 Å². The highest BCUT2D eigenvalue weighted by Gasteiger charge is 2.30. The molecule has 29 heavy (non-hydrogen) atoms. The monoisotopic (exact) mass is 404 g/mol. The Bertz CT molecular complexity index is 1040. The maximum atomic E-state index is 12.2. The zero-order valence-electron chi connectivity index (χ0n) is 15.0. The fourth-order valence-electron chi connectivity index (χ4n) is 2.51. The number of nitrogens with one attached hydrogen (secondary N) is 1. The Morgan fingerprint density at radius 1 is 1.17 bits per heavy atom. The lowest BCUT2D eigenvalue weighted by molar-refractivity contribution is -0.274. The molecule has 2 aromatic carbocycles. The van der Waals surface area contributed by atoms with Crippen LogP contribution in [0.3, 0.4) is 0 Å². The Balaban J connectivity index is 1.71. The van der Waals surface area contributed by atoms with Crippen molar-refractivity contribution in [3.05, 3.63) is 65.7 Å². The largest absolute Gasteiger partial charge is 0.573 e. The van der Waals surface area contributed by atoms with Gasteiger partial charge in [-0.15, -0.1) is 18.3 Å². The lowest BCUT2D eigenvalue weighted by atomic mass is 10.1. The van der Waals surface area contributed by atoms with E-state index in [9.17, 15) is 18.0 Å². The number of alkyl halides is 3. The van der Waals surface area contributed by atoms with Gasteiger partial charge < -0.3 is 9.84 Å². The van der Waals surface area contributed by atoms with Gasteiger partial charge in [-0.25, -0.2) is 14.5 Å². The molecule has 3 rings (SSSR count). The van der Waals surface area contributed by atoms with Gasteiger partial charge in [-0.3, -0.25) is 5.32 Å². The van der Waals surface area contributed by atoms with Gasteiger partial charge >= 0.3 is 12.5 Å². The minimum absolute atomic E-state index is 0.321. The van der Waals surface area contributed by atoms with E-state index >= 15 is 0 Å². The minimum atomic E-state index is -4.74. The van der Waals surface area contributed by atoms with E-state index < -0.39 is 12.5 Å². The average molecular weight is 404 g/mol. The van der Waals surface area contributed by atoms with Gasteiger partial charge in [0.05, 0.1) is 5.69 Å². The second-order valence-corrected chi connectivity index (χ2v) is 5.92. The number of ether oxygens (including phenoxy) is 1. The average Bonchev–Trinajstić information content (AvgIpc) is 3.09. The molecule has 0 saturated carbocycles. The second kappa shape index (κ2) is 8.05. The molecule has 1 heterocycles. The first-order chi connectivity index (χ1) is 13.7. The van der Waals surface area contributed by atoms with E-state index in [0.29, 0.717) is 17.2 Å². The summed E-state index contributed by atoms with van der Waals surface area (Å²) in [6, 6.07) is 10.3. The molecule has 0 fully saturated rings. The molecule has 10 heteroatoms. The zero-order chi connectivity index (χ0) is 21.0. The molecule has 1 aromatic heterocycles. The third-order valence-corrected chi connectivity index (χ3v) is 3.78. The molecular formula is C19H15F3N4O3. The van der Waals surface area contributed by atoms with Crippen molar-refractivity contribution >= 4 is 23.9 Å². The SMILES string of the molecule is Cc1cc(NC(=O)O)ccc1/C=C/c1ncn(-c2ccc(OC(F)(F)F)cc2)n1. The summed E-state index contributed by atoms with van der Waals surface area (Å²) in [7, 11) is 0. The lowest BCUT2D eigenvalue weighted by Crippen LogP contribution is -2.17.